The summed E-state index contributed by atoms with van der Waals surface area (Å²) in [7, 11) is 0. The van der Waals surface area contributed by atoms with Crippen molar-refractivity contribution >= 4 is 39.7 Å². The smallest absolute Gasteiger partial charge is 0.244 e. The molecule has 0 aromatic heterocycles. The molecule has 0 aliphatic rings. The molecule has 0 aliphatic heterocycles. The molecule has 0 fully saturated rings. The number of aliphatic hydroxyl groups excluding tert-OH is 1. The standard InChI is InChI=1S/C14H18BrNO2S/c15-13-4-1-3-12(11-13)5-6-14(18)16-7-10-19-9-2-8-17/h1,3-6,11,17H,2,7-10H2,(H,16,18)/b6-5+. The number of halogens is 1. The second-order valence-corrected chi connectivity index (χ2v) is 6.01. The van der Waals surface area contributed by atoms with Gasteiger partial charge in [-0.1, -0.05) is 28.1 Å². The van der Waals surface area contributed by atoms with Gasteiger partial charge in [0.25, 0.3) is 0 Å². The quantitative estimate of drug-likeness (QED) is 0.563. The maximum Gasteiger partial charge on any atom is 0.244 e. The molecule has 1 aromatic carbocycles. The fourth-order valence-corrected chi connectivity index (χ4v) is 2.56. The molecule has 1 rings (SSSR count). The fraction of sp³-hybridized carbons (Fsp3) is 0.357. The lowest BCUT2D eigenvalue weighted by molar-refractivity contribution is -0.116. The van der Waals surface area contributed by atoms with Crippen molar-refractivity contribution in [2.24, 2.45) is 0 Å². The summed E-state index contributed by atoms with van der Waals surface area (Å²) in [6.07, 6.45) is 4.14. The molecule has 0 bridgehead atoms. The lowest BCUT2D eigenvalue weighted by Crippen LogP contribution is -2.23. The molecule has 104 valence electrons. The van der Waals surface area contributed by atoms with E-state index in [0.717, 1.165) is 28.0 Å². The largest absolute Gasteiger partial charge is 0.396 e. The summed E-state index contributed by atoms with van der Waals surface area (Å²) in [4.78, 5) is 11.5. The first-order chi connectivity index (χ1) is 9.22. The van der Waals surface area contributed by atoms with Gasteiger partial charge in [-0.3, -0.25) is 4.79 Å². The Labute approximate surface area is 126 Å². The number of carbonyl (C=O) groups excluding carboxylic acids is 1. The van der Waals surface area contributed by atoms with E-state index in [1.54, 1.807) is 23.9 Å². The van der Waals surface area contributed by atoms with Crippen LogP contribution in [0.15, 0.2) is 34.8 Å². The molecule has 0 heterocycles. The van der Waals surface area contributed by atoms with E-state index in [-0.39, 0.29) is 12.5 Å². The number of rotatable bonds is 8. The zero-order valence-corrected chi connectivity index (χ0v) is 13.0. The first kappa shape index (κ1) is 16.3. The van der Waals surface area contributed by atoms with Crippen molar-refractivity contribution in [3.05, 3.63) is 40.4 Å². The lowest BCUT2D eigenvalue weighted by atomic mass is 10.2. The minimum atomic E-state index is -0.0808. The Balaban J connectivity index is 2.20. The van der Waals surface area contributed by atoms with Crippen LogP contribution in [0.5, 0.6) is 0 Å². The molecule has 19 heavy (non-hydrogen) atoms. The van der Waals surface area contributed by atoms with E-state index >= 15 is 0 Å². The first-order valence-corrected chi connectivity index (χ1v) is 8.07. The molecule has 1 amide bonds. The van der Waals surface area contributed by atoms with Crippen LogP contribution in [0, 0.1) is 0 Å². The summed E-state index contributed by atoms with van der Waals surface area (Å²) in [5.74, 6) is 1.72. The van der Waals surface area contributed by atoms with E-state index < -0.39 is 0 Å². The van der Waals surface area contributed by atoms with Gasteiger partial charge in [0.1, 0.15) is 0 Å². The second-order valence-electron chi connectivity index (χ2n) is 3.87. The van der Waals surface area contributed by atoms with Gasteiger partial charge in [-0.2, -0.15) is 11.8 Å². The van der Waals surface area contributed by atoms with E-state index in [1.807, 2.05) is 24.3 Å². The number of nitrogens with one attached hydrogen (secondary N) is 1. The molecule has 0 radical (unpaired) electrons. The molecular formula is C14H18BrNO2S. The van der Waals surface area contributed by atoms with Crippen LogP contribution in [0.25, 0.3) is 6.08 Å². The average Bonchev–Trinajstić information content (AvgIpc) is 2.40. The van der Waals surface area contributed by atoms with Crippen LogP contribution in [-0.4, -0.2) is 35.7 Å². The summed E-state index contributed by atoms with van der Waals surface area (Å²) < 4.78 is 0.996. The molecule has 2 N–H and O–H groups in total. The van der Waals surface area contributed by atoms with Gasteiger partial charge in [-0.15, -0.1) is 0 Å². The first-order valence-electron chi connectivity index (χ1n) is 6.12. The topological polar surface area (TPSA) is 49.3 Å². The van der Waals surface area contributed by atoms with Gasteiger partial charge in [-0.25, -0.2) is 0 Å². The van der Waals surface area contributed by atoms with E-state index in [4.69, 9.17) is 5.11 Å². The highest BCUT2D eigenvalue weighted by Crippen LogP contribution is 2.12. The van der Waals surface area contributed by atoms with E-state index in [2.05, 4.69) is 21.2 Å². The van der Waals surface area contributed by atoms with E-state index in [9.17, 15) is 4.79 Å². The lowest BCUT2D eigenvalue weighted by Gasteiger charge is -2.02. The van der Waals surface area contributed by atoms with E-state index in [0.29, 0.717) is 6.54 Å². The molecule has 0 aliphatic carbocycles. The SMILES string of the molecule is O=C(/C=C/c1cccc(Br)c1)NCCSCCCO. The van der Waals surface area contributed by atoms with Gasteiger partial charge in [0.2, 0.25) is 5.91 Å². The third kappa shape index (κ3) is 8.08. The number of benzene rings is 1. The third-order valence-corrected chi connectivity index (χ3v) is 3.83. The minimum absolute atomic E-state index is 0.0808. The number of aliphatic hydroxyl groups is 1. The molecule has 0 unspecified atom stereocenters. The Morgan fingerprint density at radius 2 is 2.26 bits per heavy atom. The summed E-state index contributed by atoms with van der Waals surface area (Å²) in [6, 6.07) is 7.77. The molecule has 3 nitrogen and oxygen atoms in total. The highest BCUT2D eigenvalue weighted by molar-refractivity contribution is 9.10. The van der Waals surface area contributed by atoms with Gasteiger partial charge in [0.05, 0.1) is 0 Å². The molecule has 1 aromatic rings. The van der Waals surface area contributed by atoms with Crippen molar-refractivity contribution in [3.8, 4) is 0 Å². The Hall–Kier alpha value is -0.780. The van der Waals surface area contributed by atoms with Crippen LogP contribution in [-0.2, 0) is 4.79 Å². The Morgan fingerprint density at radius 1 is 1.42 bits per heavy atom. The molecule has 0 spiro atoms. The number of amides is 1. The van der Waals surface area contributed by atoms with Crippen molar-refractivity contribution < 1.29 is 9.90 Å². The number of hydrogen-bond acceptors (Lipinski definition) is 3. The summed E-state index contributed by atoms with van der Waals surface area (Å²) >= 11 is 5.12. The molecular weight excluding hydrogens is 326 g/mol. The van der Waals surface area contributed by atoms with Crippen molar-refractivity contribution in [1.82, 2.24) is 5.32 Å². The Morgan fingerprint density at radius 3 is 3.00 bits per heavy atom. The normalized spacial score (nSPS) is 10.8. The van der Waals surface area contributed by atoms with Crippen molar-refractivity contribution in [2.45, 2.75) is 6.42 Å². The number of hydrogen-bond donors (Lipinski definition) is 2. The monoisotopic (exact) mass is 343 g/mol. The Bertz CT molecular complexity index is 424. The van der Waals surface area contributed by atoms with Crippen molar-refractivity contribution in [2.75, 3.05) is 24.7 Å². The maximum absolute atomic E-state index is 11.5. The van der Waals surface area contributed by atoms with Crippen LogP contribution < -0.4 is 5.32 Å². The highest BCUT2D eigenvalue weighted by atomic mass is 79.9. The van der Waals surface area contributed by atoms with Crippen LogP contribution in [0.2, 0.25) is 0 Å². The summed E-state index contributed by atoms with van der Waals surface area (Å²) in [5, 5.41) is 11.4. The van der Waals surface area contributed by atoms with Crippen LogP contribution in [0.3, 0.4) is 0 Å². The predicted octanol–water partition coefficient (Wildman–Crippen LogP) is 2.69. The molecule has 5 heteroatoms. The molecule has 0 saturated heterocycles. The van der Waals surface area contributed by atoms with Crippen LogP contribution in [0.4, 0.5) is 0 Å². The van der Waals surface area contributed by atoms with E-state index in [1.165, 1.54) is 0 Å². The average molecular weight is 344 g/mol. The van der Waals surface area contributed by atoms with Crippen LogP contribution in [0.1, 0.15) is 12.0 Å². The van der Waals surface area contributed by atoms with Gasteiger partial charge in [-0.05, 0) is 35.9 Å². The van der Waals surface area contributed by atoms with Gasteiger partial charge >= 0.3 is 0 Å². The van der Waals surface area contributed by atoms with Gasteiger partial charge < -0.3 is 10.4 Å². The molecule has 0 atom stereocenters. The van der Waals surface area contributed by atoms with Gasteiger partial charge in [0, 0.05) is 29.5 Å². The number of thioether (sulfide) groups is 1. The summed E-state index contributed by atoms with van der Waals surface area (Å²) in [5.41, 5.74) is 0.988. The van der Waals surface area contributed by atoms with Crippen LogP contribution >= 0.6 is 27.7 Å². The highest BCUT2D eigenvalue weighted by Gasteiger charge is 1.95. The third-order valence-electron chi connectivity index (χ3n) is 2.27. The van der Waals surface area contributed by atoms with Gasteiger partial charge in [0.15, 0.2) is 0 Å². The predicted molar refractivity (Wildman–Crippen MR) is 85.2 cm³/mol. The second kappa shape index (κ2) is 10.1. The zero-order valence-electron chi connectivity index (χ0n) is 10.6. The zero-order chi connectivity index (χ0) is 13.9. The molecule has 0 saturated carbocycles. The van der Waals surface area contributed by atoms with Crippen molar-refractivity contribution in [1.29, 1.82) is 0 Å². The van der Waals surface area contributed by atoms with Crippen molar-refractivity contribution in [3.63, 3.8) is 0 Å². The Kier molecular flexibility index (Phi) is 8.62. The number of carbonyl (C=O) groups is 1. The minimum Gasteiger partial charge on any atom is -0.396 e. The maximum atomic E-state index is 11.5. The summed E-state index contributed by atoms with van der Waals surface area (Å²) in [6.45, 7) is 0.881. The fourth-order valence-electron chi connectivity index (χ4n) is 1.36.